The normalized spacial score (nSPS) is 17.8. The smallest absolute Gasteiger partial charge is 0.268 e. The summed E-state index contributed by atoms with van der Waals surface area (Å²) in [7, 11) is 0. The van der Waals surface area contributed by atoms with Crippen LogP contribution < -0.4 is 10.1 Å². The predicted molar refractivity (Wildman–Crippen MR) is 72.1 cm³/mol. The van der Waals surface area contributed by atoms with Crippen molar-refractivity contribution < 1.29 is 13.9 Å². The number of hydrogen-bond acceptors (Lipinski definition) is 2. The molecular weight excluding hydrogens is 259 g/mol. The van der Waals surface area contributed by atoms with Crippen LogP contribution in [0.25, 0.3) is 0 Å². The third-order valence-electron chi connectivity index (χ3n) is 3.39. The summed E-state index contributed by atoms with van der Waals surface area (Å²) >= 11 is 0. The summed E-state index contributed by atoms with van der Waals surface area (Å²) in [6, 6.07) is 7.76. The zero-order chi connectivity index (χ0) is 13.9. The fourth-order valence-electron chi connectivity index (χ4n) is 2.40. The van der Waals surface area contributed by atoms with Gasteiger partial charge in [0, 0.05) is 17.8 Å². The van der Waals surface area contributed by atoms with E-state index in [1.807, 2.05) is 0 Å². The number of aromatic amines is 1. The van der Waals surface area contributed by atoms with Crippen molar-refractivity contribution in [2.24, 2.45) is 0 Å². The van der Waals surface area contributed by atoms with Gasteiger partial charge in [-0.25, -0.2) is 4.39 Å². The zero-order valence-corrected chi connectivity index (χ0v) is 10.9. The molecule has 4 nitrogen and oxygen atoms in total. The van der Waals surface area contributed by atoms with Gasteiger partial charge in [0.15, 0.2) is 0 Å². The third kappa shape index (κ3) is 2.52. The van der Waals surface area contributed by atoms with Crippen LogP contribution in [0.5, 0.6) is 5.75 Å². The van der Waals surface area contributed by atoms with Gasteiger partial charge >= 0.3 is 0 Å². The summed E-state index contributed by atoms with van der Waals surface area (Å²) in [5.41, 5.74) is 1.34. The number of amides is 1. The van der Waals surface area contributed by atoms with E-state index >= 15 is 0 Å². The monoisotopic (exact) mass is 274 g/mol. The van der Waals surface area contributed by atoms with Gasteiger partial charge in [0.25, 0.3) is 5.91 Å². The molecule has 0 bridgehead atoms. The van der Waals surface area contributed by atoms with Crippen LogP contribution in [0.3, 0.4) is 0 Å². The van der Waals surface area contributed by atoms with Gasteiger partial charge in [0.2, 0.25) is 0 Å². The maximum atomic E-state index is 13.3. The van der Waals surface area contributed by atoms with E-state index in [1.165, 1.54) is 12.1 Å². The molecule has 1 amide bonds. The molecule has 5 heteroatoms. The standard InChI is InChI=1S/C15H15FN2O2/c16-10-5-6-11-12(4-2-8-20-14(11)9-10)18-15(19)13-3-1-7-17-13/h1,3,5-7,9,12,17H,2,4,8H2,(H,18,19)/t12-/m1/s1. The van der Waals surface area contributed by atoms with E-state index in [4.69, 9.17) is 4.74 Å². The second-order valence-electron chi connectivity index (χ2n) is 4.78. The van der Waals surface area contributed by atoms with E-state index in [2.05, 4.69) is 10.3 Å². The second kappa shape index (κ2) is 5.36. The van der Waals surface area contributed by atoms with Gasteiger partial charge in [-0.3, -0.25) is 4.79 Å². The van der Waals surface area contributed by atoms with Crippen molar-refractivity contribution in [3.63, 3.8) is 0 Å². The summed E-state index contributed by atoms with van der Waals surface area (Å²) < 4.78 is 18.8. The molecule has 1 aliphatic heterocycles. The quantitative estimate of drug-likeness (QED) is 0.884. The molecule has 0 spiro atoms. The highest BCUT2D eigenvalue weighted by atomic mass is 19.1. The van der Waals surface area contributed by atoms with Gasteiger partial charge in [-0.05, 0) is 31.0 Å². The van der Waals surface area contributed by atoms with E-state index in [-0.39, 0.29) is 17.8 Å². The van der Waals surface area contributed by atoms with Crippen LogP contribution in [0.1, 0.15) is 34.9 Å². The van der Waals surface area contributed by atoms with E-state index in [1.54, 1.807) is 24.4 Å². The van der Waals surface area contributed by atoms with Gasteiger partial charge in [-0.15, -0.1) is 0 Å². The predicted octanol–water partition coefficient (Wildman–Crippen LogP) is 2.80. The maximum Gasteiger partial charge on any atom is 0.268 e. The lowest BCUT2D eigenvalue weighted by atomic mass is 10.0. The molecule has 1 atom stereocenters. The Labute approximate surface area is 116 Å². The first-order valence-electron chi connectivity index (χ1n) is 6.60. The first kappa shape index (κ1) is 12.7. The molecule has 2 heterocycles. The Hall–Kier alpha value is -2.30. The minimum Gasteiger partial charge on any atom is -0.493 e. The SMILES string of the molecule is O=C(N[C@@H]1CCCOc2cc(F)ccc21)c1ccc[nH]1. The Morgan fingerprint density at radius 3 is 3.10 bits per heavy atom. The molecule has 2 N–H and O–H groups in total. The molecule has 3 rings (SSSR count). The second-order valence-corrected chi connectivity index (χ2v) is 4.78. The number of benzene rings is 1. The largest absolute Gasteiger partial charge is 0.493 e. The molecule has 1 aromatic carbocycles. The molecule has 0 fully saturated rings. The fourth-order valence-corrected chi connectivity index (χ4v) is 2.40. The molecule has 0 unspecified atom stereocenters. The molecule has 20 heavy (non-hydrogen) atoms. The highest BCUT2D eigenvalue weighted by molar-refractivity contribution is 5.92. The molecule has 0 radical (unpaired) electrons. The number of carbonyl (C=O) groups is 1. The average Bonchev–Trinajstić information content (AvgIpc) is 2.90. The van der Waals surface area contributed by atoms with E-state index in [0.29, 0.717) is 18.1 Å². The minimum atomic E-state index is -0.333. The molecule has 0 aliphatic carbocycles. The van der Waals surface area contributed by atoms with Crippen molar-refractivity contribution in [1.82, 2.24) is 10.3 Å². The summed E-state index contributed by atoms with van der Waals surface area (Å²) in [4.78, 5) is 15.0. The van der Waals surface area contributed by atoms with Crippen LogP contribution in [-0.4, -0.2) is 17.5 Å². The number of halogens is 1. The summed E-state index contributed by atoms with van der Waals surface area (Å²) in [5, 5.41) is 2.96. The van der Waals surface area contributed by atoms with Crippen molar-refractivity contribution in [2.45, 2.75) is 18.9 Å². The molecule has 0 saturated carbocycles. The number of rotatable bonds is 2. The first-order valence-corrected chi connectivity index (χ1v) is 6.60. The van der Waals surface area contributed by atoms with Crippen molar-refractivity contribution in [2.75, 3.05) is 6.61 Å². The number of nitrogens with one attached hydrogen (secondary N) is 2. The Morgan fingerprint density at radius 2 is 2.30 bits per heavy atom. The van der Waals surface area contributed by atoms with E-state index in [0.717, 1.165) is 18.4 Å². The highest BCUT2D eigenvalue weighted by Crippen LogP contribution is 2.32. The maximum absolute atomic E-state index is 13.3. The Bertz CT molecular complexity index is 610. The number of hydrogen-bond donors (Lipinski definition) is 2. The van der Waals surface area contributed by atoms with Crippen molar-refractivity contribution in [3.8, 4) is 5.75 Å². The van der Waals surface area contributed by atoms with Gasteiger partial charge in [0.1, 0.15) is 17.3 Å². The molecule has 1 aromatic heterocycles. The Kier molecular flexibility index (Phi) is 3.41. The van der Waals surface area contributed by atoms with Crippen LogP contribution in [0.4, 0.5) is 4.39 Å². The molecular formula is C15H15FN2O2. The Balaban J connectivity index is 1.85. The third-order valence-corrected chi connectivity index (χ3v) is 3.39. The average molecular weight is 274 g/mol. The zero-order valence-electron chi connectivity index (χ0n) is 10.9. The lowest BCUT2D eigenvalue weighted by Gasteiger charge is -2.18. The number of H-pyrrole nitrogens is 1. The minimum absolute atomic E-state index is 0.163. The van der Waals surface area contributed by atoms with Crippen LogP contribution in [0, 0.1) is 5.82 Å². The lowest BCUT2D eigenvalue weighted by Crippen LogP contribution is -2.28. The topological polar surface area (TPSA) is 54.1 Å². The number of aromatic nitrogens is 1. The van der Waals surface area contributed by atoms with Gasteiger partial charge in [-0.2, -0.15) is 0 Å². The highest BCUT2D eigenvalue weighted by Gasteiger charge is 2.22. The number of ether oxygens (including phenoxy) is 1. The molecule has 1 aliphatic rings. The van der Waals surface area contributed by atoms with Crippen LogP contribution in [0.2, 0.25) is 0 Å². The van der Waals surface area contributed by atoms with Crippen molar-refractivity contribution in [1.29, 1.82) is 0 Å². The summed E-state index contributed by atoms with van der Waals surface area (Å²) in [6.07, 6.45) is 3.28. The first-order chi connectivity index (χ1) is 9.74. The van der Waals surface area contributed by atoms with Crippen molar-refractivity contribution >= 4 is 5.91 Å². The van der Waals surface area contributed by atoms with Gasteiger partial charge in [0.05, 0.1) is 12.6 Å². The number of fused-ring (bicyclic) bond motifs is 1. The van der Waals surface area contributed by atoms with Crippen LogP contribution in [-0.2, 0) is 0 Å². The lowest BCUT2D eigenvalue weighted by molar-refractivity contribution is 0.0930. The van der Waals surface area contributed by atoms with E-state index < -0.39 is 0 Å². The molecule has 0 saturated heterocycles. The van der Waals surface area contributed by atoms with Crippen LogP contribution in [0.15, 0.2) is 36.5 Å². The van der Waals surface area contributed by atoms with E-state index in [9.17, 15) is 9.18 Å². The summed E-state index contributed by atoms with van der Waals surface area (Å²) in [5.74, 6) is 0.0107. The number of carbonyl (C=O) groups excluding carboxylic acids is 1. The Morgan fingerprint density at radius 1 is 1.40 bits per heavy atom. The summed E-state index contributed by atoms with van der Waals surface area (Å²) in [6.45, 7) is 0.533. The van der Waals surface area contributed by atoms with Gasteiger partial charge in [-0.1, -0.05) is 6.07 Å². The van der Waals surface area contributed by atoms with Gasteiger partial charge < -0.3 is 15.0 Å². The fraction of sp³-hybridized carbons (Fsp3) is 0.267. The molecule has 2 aromatic rings. The van der Waals surface area contributed by atoms with Crippen molar-refractivity contribution in [3.05, 3.63) is 53.6 Å². The van der Waals surface area contributed by atoms with Crippen LogP contribution >= 0.6 is 0 Å². The molecule has 104 valence electrons.